The molecule has 130 valence electrons. The van der Waals surface area contributed by atoms with Gasteiger partial charge in [-0.3, -0.25) is 0 Å². The zero-order chi connectivity index (χ0) is 18.1. The van der Waals surface area contributed by atoms with Gasteiger partial charge in [-0.25, -0.2) is 0 Å². The molecular weight excluding hydrogens is 332 g/mol. The van der Waals surface area contributed by atoms with E-state index in [2.05, 4.69) is 99.7 Å². The predicted molar refractivity (Wildman–Crippen MR) is 118 cm³/mol. The molecule has 0 N–H and O–H groups in total. The first-order valence-electron chi connectivity index (χ1n) is 9.31. The molecule has 0 spiro atoms. The lowest BCUT2D eigenvalue weighted by Gasteiger charge is -2.21. The zero-order valence-corrected chi connectivity index (χ0v) is 16.4. The van der Waals surface area contributed by atoms with Crippen molar-refractivity contribution in [3.8, 4) is 0 Å². The van der Waals surface area contributed by atoms with Crippen LogP contribution >= 0.6 is 11.3 Å². The van der Waals surface area contributed by atoms with Gasteiger partial charge in [-0.05, 0) is 55.2 Å². The third kappa shape index (κ3) is 2.87. The van der Waals surface area contributed by atoms with Gasteiger partial charge in [0.05, 0.1) is 0 Å². The number of thiophene rings is 1. The lowest BCUT2D eigenvalue weighted by atomic mass is 9.82. The summed E-state index contributed by atoms with van der Waals surface area (Å²) >= 11 is 1.90. The normalized spacial score (nSPS) is 19.2. The Balaban J connectivity index is 1.85. The Morgan fingerprint density at radius 3 is 2.54 bits per heavy atom. The highest BCUT2D eigenvalue weighted by Gasteiger charge is 2.23. The number of hydrogen-bond acceptors (Lipinski definition) is 1. The summed E-state index contributed by atoms with van der Waals surface area (Å²) in [7, 11) is 0. The van der Waals surface area contributed by atoms with Crippen LogP contribution in [0.2, 0.25) is 0 Å². The fraction of sp³-hybridized carbons (Fsp3) is 0.200. The van der Waals surface area contributed by atoms with Gasteiger partial charge in [-0.15, -0.1) is 11.3 Å². The molecule has 0 radical (unpaired) electrons. The number of aryl methyl sites for hydroxylation is 1. The van der Waals surface area contributed by atoms with Gasteiger partial charge >= 0.3 is 0 Å². The summed E-state index contributed by atoms with van der Waals surface area (Å²) in [4.78, 5) is 1.36. The smallest absolute Gasteiger partial charge is 0.0361 e. The highest BCUT2D eigenvalue weighted by Crippen LogP contribution is 2.40. The Kier molecular flexibility index (Phi) is 4.42. The third-order valence-electron chi connectivity index (χ3n) is 5.32. The van der Waals surface area contributed by atoms with Crippen molar-refractivity contribution in [3.05, 3.63) is 87.8 Å². The lowest BCUT2D eigenvalue weighted by molar-refractivity contribution is 0.766. The summed E-state index contributed by atoms with van der Waals surface area (Å²) in [5.74, 6) is 0. The Morgan fingerprint density at radius 2 is 1.81 bits per heavy atom. The molecule has 1 aliphatic carbocycles. The summed E-state index contributed by atoms with van der Waals surface area (Å²) in [5, 5.41) is 1.38. The second kappa shape index (κ2) is 6.74. The lowest BCUT2D eigenvalue weighted by Crippen LogP contribution is -2.14. The molecule has 1 heterocycles. The van der Waals surface area contributed by atoms with Crippen LogP contribution in [0.1, 0.15) is 47.9 Å². The fourth-order valence-electron chi connectivity index (χ4n) is 3.73. The van der Waals surface area contributed by atoms with E-state index in [1.807, 2.05) is 11.3 Å². The standard InChI is InChI=1S/C25H24S/c1-4-9-19-17-24-22(16-18(19)5-2)21-12-14-25(3,15-13-23(21)26-24)20-10-7-6-8-11-20/h4,6-17H,5H2,1-3H3/b9-4-. The first kappa shape index (κ1) is 17.1. The Hall–Kier alpha value is -2.38. The zero-order valence-electron chi connectivity index (χ0n) is 15.6. The van der Waals surface area contributed by atoms with E-state index in [1.54, 1.807) is 0 Å². The van der Waals surface area contributed by atoms with Crippen LogP contribution in [0.15, 0.2) is 60.7 Å². The highest BCUT2D eigenvalue weighted by molar-refractivity contribution is 7.20. The molecule has 0 saturated heterocycles. The molecule has 0 bridgehead atoms. The molecule has 0 nitrogen and oxygen atoms in total. The molecular formula is C25H24S. The molecule has 0 aliphatic heterocycles. The van der Waals surface area contributed by atoms with Crippen molar-refractivity contribution in [1.82, 2.24) is 0 Å². The first-order valence-corrected chi connectivity index (χ1v) is 10.1. The van der Waals surface area contributed by atoms with Crippen LogP contribution in [-0.2, 0) is 11.8 Å². The van der Waals surface area contributed by atoms with Crippen LogP contribution in [0.3, 0.4) is 0 Å². The SMILES string of the molecule is C/C=C\c1cc2sc3c(c2cc1CC)C=CC(C)(c1ccccc1)C=C3. The van der Waals surface area contributed by atoms with Crippen LogP contribution in [0.5, 0.6) is 0 Å². The van der Waals surface area contributed by atoms with Gasteiger partial charge in [-0.1, -0.05) is 67.6 Å². The number of allylic oxidation sites excluding steroid dienone is 3. The summed E-state index contributed by atoms with van der Waals surface area (Å²) in [6.07, 6.45) is 14.7. The van der Waals surface area contributed by atoms with Crippen molar-refractivity contribution in [2.24, 2.45) is 0 Å². The van der Waals surface area contributed by atoms with Gasteiger partial charge in [0.1, 0.15) is 0 Å². The van der Waals surface area contributed by atoms with E-state index in [4.69, 9.17) is 0 Å². The summed E-state index contributed by atoms with van der Waals surface area (Å²) in [5.41, 5.74) is 5.40. The molecule has 1 aromatic heterocycles. The molecule has 26 heavy (non-hydrogen) atoms. The van der Waals surface area contributed by atoms with Gasteiger partial charge in [0.2, 0.25) is 0 Å². The number of fused-ring (bicyclic) bond motifs is 3. The maximum absolute atomic E-state index is 2.39. The summed E-state index contributed by atoms with van der Waals surface area (Å²) in [6, 6.07) is 15.5. The van der Waals surface area contributed by atoms with E-state index in [0.29, 0.717) is 0 Å². The second-order valence-electron chi connectivity index (χ2n) is 7.10. The number of benzene rings is 2. The molecule has 1 heteroatoms. The largest absolute Gasteiger partial charge is 0.135 e. The van der Waals surface area contributed by atoms with E-state index in [-0.39, 0.29) is 5.41 Å². The molecule has 2 aromatic carbocycles. The second-order valence-corrected chi connectivity index (χ2v) is 8.18. The molecule has 0 saturated carbocycles. The monoisotopic (exact) mass is 356 g/mol. The highest BCUT2D eigenvalue weighted by atomic mass is 32.1. The van der Waals surface area contributed by atoms with E-state index >= 15 is 0 Å². The van der Waals surface area contributed by atoms with E-state index in [1.165, 1.54) is 37.2 Å². The van der Waals surface area contributed by atoms with Crippen LogP contribution in [0.25, 0.3) is 28.3 Å². The van der Waals surface area contributed by atoms with Gasteiger partial charge in [0.25, 0.3) is 0 Å². The fourth-order valence-corrected chi connectivity index (χ4v) is 4.85. The van der Waals surface area contributed by atoms with E-state index < -0.39 is 0 Å². The average Bonchev–Trinajstić information content (AvgIpc) is 2.92. The van der Waals surface area contributed by atoms with Crippen LogP contribution in [0, 0.1) is 0 Å². The Morgan fingerprint density at radius 1 is 1.04 bits per heavy atom. The van der Waals surface area contributed by atoms with Crippen molar-refractivity contribution in [3.63, 3.8) is 0 Å². The van der Waals surface area contributed by atoms with Gasteiger partial charge < -0.3 is 0 Å². The Labute approximate surface area is 160 Å². The van der Waals surface area contributed by atoms with Crippen molar-refractivity contribution in [1.29, 1.82) is 0 Å². The molecule has 3 aromatic rings. The first-order chi connectivity index (χ1) is 12.6. The van der Waals surface area contributed by atoms with Crippen LogP contribution < -0.4 is 0 Å². The molecule has 4 rings (SSSR count). The van der Waals surface area contributed by atoms with E-state index in [9.17, 15) is 0 Å². The van der Waals surface area contributed by atoms with Crippen molar-refractivity contribution in [2.75, 3.05) is 0 Å². The average molecular weight is 357 g/mol. The maximum atomic E-state index is 2.39. The van der Waals surface area contributed by atoms with Crippen molar-refractivity contribution >= 4 is 39.7 Å². The van der Waals surface area contributed by atoms with Gasteiger partial charge in [0, 0.05) is 25.9 Å². The van der Waals surface area contributed by atoms with Crippen LogP contribution in [-0.4, -0.2) is 0 Å². The number of rotatable bonds is 3. The topological polar surface area (TPSA) is 0 Å². The summed E-state index contributed by atoms with van der Waals surface area (Å²) in [6.45, 7) is 6.61. The van der Waals surface area contributed by atoms with E-state index in [0.717, 1.165) is 6.42 Å². The predicted octanol–water partition coefficient (Wildman–Crippen LogP) is 7.49. The molecule has 1 atom stereocenters. The van der Waals surface area contributed by atoms with Gasteiger partial charge in [0.15, 0.2) is 0 Å². The minimum Gasteiger partial charge on any atom is -0.135 e. The minimum absolute atomic E-state index is 0.0647. The van der Waals surface area contributed by atoms with Crippen LogP contribution in [0.4, 0.5) is 0 Å². The molecule has 0 fully saturated rings. The number of hydrogen-bond donors (Lipinski definition) is 0. The molecule has 1 unspecified atom stereocenters. The van der Waals surface area contributed by atoms with Gasteiger partial charge in [-0.2, -0.15) is 0 Å². The van der Waals surface area contributed by atoms with Crippen molar-refractivity contribution in [2.45, 2.75) is 32.6 Å². The van der Waals surface area contributed by atoms with Crippen molar-refractivity contribution < 1.29 is 0 Å². The minimum atomic E-state index is -0.0647. The Bertz CT molecular complexity index is 1030. The quantitative estimate of drug-likeness (QED) is 0.456. The maximum Gasteiger partial charge on any atom is 0.0361 e. The molecule has 0 amide bonds. The molecule has 1 aliphatic rings. The summed E-state index contributed by atoms with van der Waals surface area (Å²) < 4.78 is 1.37. The third-order valence-corrected chi connectivity index (χ3v) is 6.45.